The van der Waals surface area contributed by atoms with Crippen molar-refractivity contribution in [2.45, 2.75) is 0 Å². The second-order valence-electron chi connectivity index (χ2n) is 6.05. The fourth-order valence-corrected chi connectivity index (χ4v) is 2.71. The molecule has 1 aromatic heterocycles. The van der Waals surface area contributed by atoms with Gasteiger partial charge in [0, 0.05) is 28.2 Å². The van der Waals surface area contributed by atoms with E-state index in [2.05, 4.69) is 10.2 Å². The van der Waals surface area contributed by atoms with Crippen molar-refractivity contribution in [3.05, 3.63) is 50.2 Å². The van der Waals surface area contributed by atoms with Gasteiger partial charge in [-0.25, -0.2) is 14.8 Å². The molecule has 2 heterocycles. The Morgan fingerprint density at radius 1 is 0.964 bits per heavy atom. The van der Waals surface area contributed by atoms with E-state index in [1.807, 2.05) is 0 Å². The Bertz CT molecular complexity index is 1130. The first-order valence-corrected chi connectivity index (χ1v) is 7.76. The molecule has 0 saturated heterocycles. The van der Waals surface area contributed by atoms with E-state index in [0.717, 1.165) is 14.1 Å². The Hall–Kier alpha value is -3.11. The molecule has 148 valence electrons. The maximum atomic E-state index is 12.6. The van der Waals surface area contributed by atoms with Crippen molar-refractivity contribution in [2.75, 3.05) is 14.1 Å². The summed E-state index contributed by atoms with van der Waals surface area (Å²) in [7, 11) is 5.61. The zero-order valence-electron chi connectivity index (χ0n) is 15.3. The van der Waals surface area contributed by atoms with E-state index < -0.39 is 34.6 Å². The molecule has 0 unspecified atom stereocenters. The molecule has 28 heavy (non-hydrogen) atoms. The van der Waals surface area contributed by atoms with Gasteiger partial charge in [-0.2, -0.15) is 0 Å². The monoisotopic (exact) mass is 430 g/mol. The van der Waals surface area contributed by atoms with Crippen LogP contribution in [0.3, 0.4) is 0 Å². The number of carbonyl (C=O) groups excluding carboxylic acids is 2. The Labute approximate surface area is 168 Å². The van der Waals surface area contributed by atoms with Crippen LogP contribution in [-0.2, 0) is 30.6 Å². The SMILES string of the molecule is CN(C)N1C(=O)c2cccc(N=Nc3c(O)n(C)c(=O)n(C)c3=O)c2C1=O.[Ni+2]. The van der Waals surface area contributed by atoms with Crippen molar-refractivity contribution in [1.82, 2.24) is 19.2 Å². The third kappa shape index (κ3) is 3.06. The normalized spacial score (nSPS) is 13.4. The summed E-state index contributed by atoms with van der Waals surface area (Å²) in [4.78, 5) is 48.9. The van der Waals surface area contributed by atoms with Gasteiger partial charge in [-0.3, -0.25) is 23.5 Å². The molecule has 0 spiro atoms. The summed E-state index contributed by atoms with van der Waals surface area (Å²) in [6.07, 6.45) is 0. The number of hydrogen-bond donors (Lipinski definition) is 1. The van der Waals surface area contributed by atoms with Gasteiger partial charge in [0.05, 0.1) is 16.8 Å². The number of fused-ring (bicyclic) bond motifs is 1. The molecule has 12 heteroatoms. The number of hydrogen-bond acceptors (Lipinski definition) is 8. The Balaban J connectivity index is 0.00000280. The maximum absolute atomic E-state index is 12.6. The molecule has 1 aliphatic rings. The summed E-state index contributed by atoms with van der Waals surface area (Å²) in [6, 6.07) is 4.47. The molecule has 0 fully saturated rings. The van der Waals surface area contributed by atoms with Gasteiger partial charge in [0.2, 0.25) is 11.6 Å². The Morgan fingerprint density at radius 3 is 2.21 bits per heavy atom. The first kappa shape index (κ1) is 21.2. The number of azo groups is 1. The standard InChI is InChI=1S/C16H16N6O5.Ni/c1-19(2)22-12(23)8-6-5-7-9(10(8)13(22)24)17-18-11-14(25)20(3)16(27)21(4)15(11)26;/h5-7,25H,1-4H3;/q;+2. The van der Waals surface area contributed by atoms with Crippen LogP contribution in [0.15, 0.2) is 38.0 Å². The third-order valence-corrected chi connectivity index (χ3v) is 4.14. The molecule has 1 N–H and O–H groups in total. The summed E-state index contributed by atoms with van der Waals surface area (Å²) >= 11 is 0. The van der Waals surface area contributed by atoms with E-state index in [0.29, 0.717) is 0 Å². The van der Waals surface area contributed by atoms with Crippen LogP contribution >= 0.6 is 0 Å². The van der Waals surface area contributed by atoms with Crippen molar-refractivity contribution < 1.29 is 31.2 Å². The number of aromatic nitrogens is 2. The number of nitrogens with zero attached hydrogens (tertiary/aromatic N) is 6. The van der Waals surface area contributed by atoms with Crippen molar-refractivity contribution in [3.8, 4) is 5.88 Å². The van der Waals surface area contributed by atoms with Gasteiger partial charge < -0.3 is 5.11 Å². The minimum atomic E-state index is -0.843. The van der Waals surface area contributed by atoms with E-state index >= 15 is 0 Å². The van der Waals surface area contributed by atoms with Crippen LogP contribution in [0.25, 0.3) is 0 Å². The molecule has 0 atom stereocenters. The number of imide groups is 1. The van der Waals surface area contributed by atoms with E-state index in [1.54, 1.807) is 14.1 Å². The first-order valence-electron chi connectivity index (χ1n) is 7.76. The quantitative estimate of drug-likeness (QED) is 0.422. The van der Waals surface area contributed by atoms with Crippen LogP contribution in [0, 0.1) is 0 Å². The molecule has 3 rings (SSSR count). The summed E-state index contributed by atoms with van der Waals surface area (Å²) in [5, 5.41) is 19.9. The van der Waals surface area contributed by atoms with Crippen LogP contribution in [0.5, 0.6) is 5.88 Å². The number of benzene rings is 1. The fraction of sp³-hybridized carbons (Fsp3) is 0.250. The molecule has 0 aliphatic carbocycles. The minimum absolute atomic E-state index is 0. The van der Waals surface area contributed by atoms with E-state index in [1.165, 1.54) is 37.3 Å². The molecular formula is C16H16N6NiO5+2. The summed E-state index contributed by atoms with van der Waals surface area (Å²) in [5.74, 6) is -1.73. The number of amides is 2. The average molecular weight is 431 g/mol. The zero-order chi connectivity index (χ0) is 20.0. The van der Waals surface area contributed by atoms with Gasteiger partial charge in [0.15, 0.2) is 0 Å². The van der Waals surface area contributed by atoms with Gasteiger partial charge in [-0.1, -0.05) is 6.07 Å². The zero-order valence-corrected chi connectivity index (χ0v) is 16.3. The predicted octanol–water partition coefficient (Wildman–Crippen LogP) is 0.275. The van der Waals surface area contributed by atoms with Crippen molar-refractivity contribution >= 4 is 23.2 Å². The molecule has 11 nitrogen and oxygen atoms in total. The fourth-order valence-electron chi connectivity index (χ4n) is 2.71. The number of aromatic hydroxyl groups is 1. The average Bonchev–Trinajstić information content (AvgIpc) is 2.89. The van der Waals surface area contributed by atoms with Gasteiger partial charge in [0.25, 0.3) is 17.4 Å². The molecule has 0 saturated carbocycles. The predicted molar refractivity (Wildman–Crippen MR) is 93.4 cm³/mol. The Kier molecular flexibility index (Phi) is 5.67. The van der Waals surface area contributed by atoms with Gasteiger partial charge >= 0.3 is 22.2 Å². The second kappa shape index (κ2) is 7.49. The minimum Gasteiger partial charge on any atom is -0.493 e. The molecule has 2 aromatic rings. The van der Waals surface area contributed by atoms with Crippen molar-refractivity contribution in [2.24, 2.45) is 24.3 Å². The van der Waals surface area contributed by atoms with Crippen LogP contribution in [-0.4, -0.2) is 50.2 Å². The first-order chi connectivity index (χ1) is 12.7. The number of rotatable bonds is 3. The van der Waals surface area contributed by atoms with Crippen LogP contribution in [0.2, 0.25) is 0 Å². The maximum Gasteiger partial charge on any atom is 2.00 e. The molecular weight excluding hydrogens is 415 g/mol. The Morgan fingerprint density at radius 2 is 1.61 bits per heavy atom. The van der Waals surface area contributed by atoms with E-state index in [-0.39, 0.29) is 33.3 Å². The topological polar surface area (TPSA) is 130 Å². The number of carbonyl (C=O) groups is 2. The summed E-state index contributed by atoms with van der Waals surface area (Å²) < 4.78 is 1.61. The van der Waals surface area contributed by atoms with Crippen LogP contribution < -0.4 is 11.2 Å². The van der Waals surface area contributed by atoms with Crippen LogP contribution in [0.1, 0.15) is 20.7 Å². The van der Waals surface area contributed by atoms with Crippen molar-refractivity contribution in [3.63, 3.8) is 0 Å². The van der Waals surface area contributed by atoms with Gasteiger partial charge in [0.1, 0.15) is 0 Å². The number of hydrazine groups is 1. The summed E-state index contributed by atoms with van der Waals surface area (Å²) in [6.45, 7) is 0. The molecule has 1 aromatic carbocycles. The molecule has 0 radical (unpaired) electrons. The van der Waals surface area contributed by atoms with Gasteiger partial charge in [-0.05, 0) is 12.1 Å². The van der Waals surface area contributed by atoms with Crippen LogP contribution in [0.4, 0.5) is 11.4 Å². The molecule has 0 bridgehead atoms. The third-order valence-electron chi connectivity index (χ3n) is 4.14. The van der Waals surface area contributed by atoms with E-state index in [9.17, 15) is 24.3 Å². The second-order valence-corrected chi connectivity index (χ2v) is 6.05. The van der Waals surface area contributed by atoms with E-state index in [4.69, 9.17) is 0 Å². The largest absolute Gasteiger partial charge is 2.00 e. The smallest absolute Gasteiger partial charge is 0.493 e. The molecule has 1 aliphatic heterocycles. The molecule has 2 amide bonds. The summed E-state index contributed by atoms with van der Waals surface area (Å²) in [5.41, 5.74) is -1.77. The van der Waals surface area contributed by atoms with Crippen molar-refractivity contribution in [1.29, 1.82) is 0 Å². The van der Waals surface area contributed by atoms with Gasteiger partial charge in [-0.15, -0.1) is 10.2 Å².